The van der Waals surface area contributed by atoms with Gasteiger partial charge in [0.15, 0.2) is 0 Å². The summed E-state index contributed by atoms with van der Waals surface area (Å²) in [6, 6.07) is 0. The van der Waals surface area contributed by atoms with Gasteiger partial charge in [-0.1, -0.05) is 0 Å². The van der Waals surface area contributed by atoms with Crippen LogP contribution >= 0.6 is 0 Å². The van der Waals surface area contributed by atoms with Crippen molar-refractivity contribution in [3.63, 3.8) is 0 Å². The van der Waals surface area contributed by atoms with Gasteiger partial charge in [0, 0.05) is 0 Å². The predicted octanol–water partition coefficient (Wildman–Crippen LogP) is -0.368. The minimum atomic E-state index is 0.417. The molecule has 0 amide bonds. The van der Waals surface area contributed by atoms with Crippen molar-refractivity contribution in [2.24, 2.45) is 5.90 Å². The topological polar surface area (TPSA) is 70.1 Å². The molecule has 0 aliphatic rings. The van der Waals surface area contributed by atoms with E-state index in [0.717, 1.165) is 0 Å². The Kier molecular flexibility index (Phi) is 88.1. The van der Waals surface area contributed by atoms with Crippen molar-refractivity contribution in [1.29, 1.82) is 2.10 Å². The summed E-state index contributed by atoms with van der Waals surface area (Å²) in [6.45, 7) is 0. The molecule has 4 heavy (non-hydrogen) atoms. The van der Waals surface area contributed by atoms with E-state index in [1.165, 1.54) is 0 Å². The predicted molar refractivity (Wildman–Crippen MR) is 8.69 cm³/mol. The SMILES string of the molecule is NO.[NH]=[La]. The maximum atomic E-state index is 6.50. The Morgan fingerprint density at radius 2 is 1.50 bits per heavy atom. The van der Waals surface area contributed by atoms with Crippen LogP contribution < -0.4 is 5.90 Å². The van der Waals surface area contributed by atoms with E-state index < -0.39 is 0 Å². The molecule has 0 aliphatic heterocycles. The van der Waals surface area contributed by atoms with Crippen LogP contribution in [0.2, 0.25) is 0 Å². The quantitative estimate of drug-likeness (QED) is 0.453. The molecule has 0 fully saturated rings. The van der Waals surface area contributed by atoms with Gasteiger partial charge in [-0.2, -0.15) is 0 Å². The average Bonchev–Trinajstić information content (AvgIpc) is 1.50. The zero-order valence-corrected chi connectivity index (χ0v) is 5.73. The molecule has 0 bridgehead atoms. The Morgan fingerprint density at radius 1 is 1.50 bits per heavy atom. The summed E-state index contributed by atoms with van der Waals surface area (Å²) in [4.78, 5) is 0. The van der Waals surface area contributed by atoms with Gasteiger partial charge in [0.05, 0.1) is 0 Å². The van der Waals surface area contributed by atoms with Crippen LogP contribution in [0.25, 0.3) is 0 Å². The molecule has 4 N–H and O–H groups in total. The Balaban J connectivity index is 0. The molecule has 23 valence electrons. The standard InChI is InChI=1S/La.H3NO.HN/c;1-2;/h;2H,1H2;1H. The summed E-state index contributed by atoms with van der Waals surface area (Å²) < 4.78 is 5.92. The van der Waals surface area contributed by atoms with Gasteiger partial charge in [-0.15, -0.1) is 0 Å². The summed E-state index contributed by atoms with van der Waals surface area (Å²) in [5.74, 6) is 3.50. The molecule has 0 rings (SSSR count). The third-order valence-corrected chi connectivity index (χ3v) is 0. The van der Waals surface area contributed by atoms with Crippen molar-refractivity contribution in [3.8, 4) is 0 Å². The van der Waals surface area contributed by atoms with Gasteiger partial charge in [-0.05, 0) is 0 Å². The zero-order chi connectivity index (χ0) is 4.00. The molecule has 0 saturated carbocycles. The van der Waals surface area contributed by atoms with Crippen LogP contribution in [0.3, 0.4) is 0 Å². The molecule has 0 aromatic heterocycles. The van der Waals surface area contributed by atoms with Gasteiger partial charge in [0.25, 0.3) is 0 Å². The molecule has 0 unspecified atom stereocenters. The van der Waals surface area contributed by atoms with E-state index in [9.17, 15) is 0 Å². The van der Waals surface area contributed by atoms with Crippen LogP contribution in [0, 0.1) is 35.7 Å². The van der Waals surface area contributed by atoms with Gasteiger partial charge in [-0.25, -0.2) is 5.90 Å². The molecule has 0 aromatic rings. The fourth-order valence-corrected chi connectivity index (χ4v) is 0. The van der Waals surface area contributed by atoms with Gasteiger partial charge in [0.1, 0.15) is 0 Å². The molecule has 0 radical (unpaired) electrons. The van der Waals surface area contributed by atoms with Crippen LogP contribution in [-0.4, -0.2) is 5.21 Å². The van der Waals surface area contributed by atoms with E-state index in [1.54, 1.807) is 0 Å². The first-order valence-electron chi connectivity index (χ1n) is 0.547. The second-order valence-electron chi connectivity index (χ2n) is 0. The fourth-order valence-electron chi connectivity index (χ4n) is 0. The molecule has 0 spiro atoms. The summed E-state index contributed by atoms with van der Waals surface area (Å²) in [6.07, 6.45) is 0. The van der Waals surface area contributed by atoms with Crippen LogP contribution in [-0.2, 0) is 0 Å². The third kappa shape index (κ3) is 12.8. The Hall–Kier alpha value is 0.915. The number of hydrogen-bond acceptors (Lipinski definition) is 3. The van der Waals surface area contributed by atoms with E-state index >= 15 is 0 Å². The van der Waals surface area contributed by atoms with E-state index in [0.29, 0.717) is 33.6 Å². The van der Waals surface area contributed by atoms with E-state index in [2.05, 4.69) is 5.90 Å². The monoisotopic (exact) mass is 187 g/mol. The number of nitrogens with two attached hydrogens (primary N) is 1. The van der Waals surface area contributed by atoms with E-state index in [-0.39, 0.29) is 0 Å². The first kappa shape index (κ1) is 8.87. The van der Waals surface area contributed by atoms with Crippen molar-refractivity contribution in [2.75, 3.05) is 0 Å². The minimum absolute atomic E-state index is 0.417. The molecule has 0 atom stereocenters. The number of nitrogens with one attached hydrogen (secondary N) is 1. The third-order valence-electron chi connectivity index (χ3n) is 0. The zero-order valence-electron chi connectivity index (χ0n) is 2.10. The second-order valence-corrected chi connectivity index (χ2v) is 0. The molecule has 4 heteroatoms. The Morgan fingerprint density at radius 3 is 1.50 bits per heavy atom. The Bertz CT molecular complexity index is 6.00. The van der Waals surface area contributed by atoms with Crippen LogP contribution in [0.4, 0.5) is 0 Å². The van der Waals surface area contributed by atoms with Crippen LogP contribution in [0.1, 0.15) is 0 Å². The van der Waals surface area contributed by atoms with Crippen molar-refractivity contribution >= 4 is 0 Å². The van der Waals surface area contributed by atoms with Gasteiger partial charge in [-0.3, -0.25) is 0 Å². The second kappa shape index (κ2) is 39.7. The molecular weight excluding hydrogens is 183 g/mol. The van der Waals surface area contributed by atoms with E-state index in [4.69, 9.17) is 7.31 Å². The summed E-state index contributed by atoms with van der Waals surface area (Å²) in [7, 11) is 0. The molecule has 3 nitrogen and oxygen atoms in total. The van der Waals surface area contributed by atoms with Gasteiger partial charge >= 0.3 is 35.7 Å². The number of rotatable bonds is 0. The maximum absolute atomic E-state index is 6.50. The molecule has 0 saturated heterocycles. The molecule has 0 aliphatic carbocycles. The van der Waals surface area contributed by atoms with Crippen molar-refractivity contribution in [2.45, 2.75) is 0 Å². The van der Waals surface area contributed by atoms with Crippen LogP contribution in [0.15, 0.2) is 0 Å². The molecule has 0 heterocycles. The summed E-state index contributed by atoms with van der Waals surface area (Å²) in [5, 5.41) is 6.50. The summed E-state index contributed by atoms with van der Waals surface area (Å²) in [5.41, 5.74) is 0. The van der Waals surface area contributed by atoms with E-state index in [1.807, 2.05) is 0 Å². The first-order valence-corrected chi connectivity index (χ1v) is 2.36. The van der Waals surface area contributed by atoms with Gasteiger partial charge in [0.2, 0.25) is 0 Å². The molecular formula is H4LaN2O. The number of hydrogen-bond donors (Lipinski definition) is 3. The van der Waals surface area contributed by atoms with Crippen molar-refractivity contribution in [3.05, 3.63) is 0 Å². The van der Waals surface area contributed by atoms with Crippen molar-refractivity contribution < 1.29 is 38.8 Å². The Labute approximate surface area is 46.7 Å². The summed E-state index contributed by atoms with van der Waals surface area (Å²) >= 11 is 0.417. The van der Waals surface area contributed by atoms with Crippen LogP contribution in [0.5, 0.6) is 0 Å². The average molecular weight is 187 g/mol. The first-order chi connectivity index (χ1) is 2.00. The normalized spacial score (nSPS) is 3.00. The van der Waals surface area contributed by atoms with Gasteiger partial charge < -0.3 is 5.21 Å². The van der Waals surface area contributed by atoms with Crippen molar-refractivity contribution in [1.82, 2.24) is 0 Å². The molecule has 0 aromatic carbocycles. The fraction of sp³-hybridized carbons (Fsp3) is 0.